The predicted octanol–water partition coefficient (Wildman–Crippen LogP) is 3.17. The SMILES string of the molecule is CC(O)CCC(=O)Nc1ccc(N2CCCCCC2)cc1. The van der Waals surface area contributed by atoms with Gasteiger partial charge in [-0.1, -0.05) is 12.8 Å². The Morgan fingerprint density at radius 1 is 1.19 bits per heavy atom. The van der Waals surface area contributed by atoms with Crippen LogP contribution in [-0.4, -0.2) is 30.2 Å². The van der Waals surface area contributed by atoms with Crippen molar-refractivity contribution in [2.45, 2.75) is 51.6 Å². The molecule has 1 saturated heterocycles. The average molecular weight is 290 g/mol. The summed E-state index contributed by atoms with van der Waals surface area (Å²) in [5, 5.41) is 12.1. The van der Waals surface area contributed by atoms with Crippen molar-refractivity contribution in [2.75, 3.05) is 23.3 Å². The second kappa shape index (κ2) is 8.03. The van der Waals surface area contributed by atoms with Crippen molar-refractivity contribution in [1.29, 1.82) is 0 Å². The lowest BCUT2D eigenvalue weighted by Crippen LogP contribution is -2.23. The molecule has 1 aliphatic rings. The van der Waals surface area contributed by atoms with Crippen LogP contribution in [0.5, 0.6) is 0 Å². The molecule has 1 fully saturated rings. The second-order valence-corrected chi connectivity index (χ2v) is 5.88. The summed E-state index contributed by atoms with van der Waals surface area (Å²) in [5.41, 5.74) is 2.06. The highest BCUT2D eigenvalue weighted by Crippen LogP contribution is 2.21. The van der Waals surface area contributed by atoms with E-state index in [1.165, 1.54) is 31.4 Å². The molecule has 0 aromatic heterocycles. The first-order chi connectivity index (χ1) is 10.1. The number of aliphatic hydroxyl groups is 1. The number of aliphatic hydroxyl groups excluding tert-OH is 1. The first kappa shape index (κ1) is 15.8. The molecule has 1 aromatic rings. The van der Waals surface area contributed by atoms with Crippen molar-refractivity contribution in [1.82, 2.24) is 0 Å². The molecule has 0 spiro atoms. The first-order valence-corrected chi connectivity index (χ1v) is 7.98. The van der Waals surface area contributed by atoms with Crippen molar-refractivity contribution in [2.24, 2.45) is 0 Å². The number of carbonyl (C=O) groups excluding carboxylic acids is 1. The van der Waals surface area contributed by atoms with E-state index in [1.54, 1.807) is 6.92 Å². The number of benzene rings is 1. The fourth-order valence-corrected chi connectivity index (χ4v) is 2.65. The van der Waals surface area contributed by atoms with Gasteiger partial charge < -0.3 is 15.3 Å². The molecular weight excluding hydrogens is 264 g/mol. The highest BCUT2D eigenvalue weighted by molar-refractivity contribution is 5.90. The van der Waals surface area contributed by atoms with Gasteiger partial charge in [-0.2, -0.15) is 0 Å². The molecule has 1 heterocycles. The van der Waals surface area contributed by atoms with Crippen molar-refractivity contribution in [3.05, 3.63) is 24.3 Å². The Labute approximate surface area is 127 Å². The average Bonchev–Trinajstić information content (AvgIpc) is 2.75. The van der Waals surface area contributed by atoms with Gasteiger partial charge >= 0.3 is 0 Å². The monoisotopic (exact) mass is 290 g/mol. The third-order valence-corrected chi connectivity index (χ3v) is 3.91. The number of anilines is 2. The van der Waals surface area contributed by atoms with Crippen molar-refractivity contribution < 1.29 is 9.90 Å². The van der Waals surface area contributed by atoms with Gasteiger partial charge in [0.1, 0.15) is 0 Å². The molecule has 1 atom stereocenters. The van der Waals surface area contributed by atoms with E-state index >= 15 is 0 Å². The van der Waals surface area contributed by atoms with Crippen molar-refractivity contribution in [3.8, 4) is 0 Å². The maximum absolute atomic E-state index is 11.7. The summed E-state index contributed by atoms with van der Waals surface area (Å²) in [6, 6.07) is 8.08. The number of carbonyl (C=O) groups is 1. The minimum absolute atomic E-state index is 0.0431. The molecule has 0 aliphatic carbocycles. The molecule has 2 N–H and O–H groups in total. The quantitative estimate of drug-likeness (QED) is 0.876. The minimum atomic E-state index is -0.429. The zero-order chi connectivity index (χ0) is 15.1. The summed E-state index contributed by atoms with van der Waals surface area (Å²) in [6.45, 7) is 3.95. The summed E-state index contributed by atoms with van der Waals surface area (Å²) < 4.78 is 0. The molecule has 1 unspecified atom stereocenters. The number of amides is 1. The Hall–Kier alpha value is -1.55. The van der Waals surface area contributed by atoms with Gasteiger partial charge in [0.05, 0.1) is 6.10 Å². The Morgan fingerprint density at radius 3 is 2.38 bits per heavy atom. The lowest BCUT2D eigenvalue weighted by Gasteiger charge is -2.22. The Kier molecular flexibility index (Phi) is 6.05. The fourth-order valence-electron chi connectivity index (χ4n) is 2.65. The third kappa shape index (κ3) is 5.38. The van der Waals surface area contributed by atoms with Gasteiger partial charge in [0.2, 0.25) is 5.91 Å². The van der Waals surface area contributed by atoms with Crippen LogP contribution in [0.1, 0.15) is 45.4 Å². The van der Waals surface area contributed by atoms with Crippen LogP contribution in [0.15, 0.2) is 24.3 Å². The molecule has 0 radical (unpaired) electrons. The summed E-state index contributed by atoms with van der Waals surface area (Å²) >= 11 is 0. The Balaban J connectivity index is 1.87. The van der Waals surface area contributed by atoms with E-state index in [2.05, 4.69) is 22.3 Å². The molecule has 4 nitrogen and oxygen atoms in total. The standard InChI is InChI=1S/C17H26N2O2/c1-14(20)6-11-17(21)18-15-7-9-16(10-8-15)19-12-4-2-3-5-13-19/h7-10,14,20H,2-6,11-13H2,1H3,(H,18,21). The van der Waals surface area contributed by atoms with Crippen LogP contribution >= 0.6 is 0 Å². The van der Waals surface area contributed by atoms with Crippen LogP contribution in [0.3, 0.4) is 0 Å². The van der Waals surface area contributed by atoms with E-state index in [0.717, 1.165) is 18.8 Å². The van der Waals surface area contributed by atoms with Crippen LogP contribution in [0, 0.1) is 0 Å². The molecule has 116 valence electrons. The molecule has 0 saturated carbocycles. The van der Waals surface area contributed by atoms with E-state index in [1.807, 2.05) is 12.1 Å². The van der Waals surface area contributed by atoms with Gasteiger partial charge in [-0.3, -0.25) is 4.79 Å². The molecule has 1 aromatic carbocycles. The lowest BCUT2D eigenvalue weighted by molar-refractivity contribution is -0.116. The van der Waals surface area contributed by atoms with Gasteiger partial charge in [-0.05, 0) is 50.5 Å². The number of hydrogen-bond acceptors (Lipinski definition) is 3. The Bertz CT molecular complexity index is 435. The summed E-state index contributed by atoms with van der Waals surface area (Å²) in [5.74, 6) is -0.0431. The van der Waals surface area contributed by atoms with Gasteiger partial charge in [0, 0.05) is 30.9 Å². The van der Waals surface area contributed by atoms with Gasteiger partial charge in [0.25, 0.3) is 0 Å². The number of rotatable bonds is 5. The topological polar surface area (TPSA) is 52.6 Å². The van der Waals surface area contributed by atoms with E-state index < -0.39 is 6.10 Å². The highest BCUT2D eigenvalue weighted by atomic mass is 16.3. The summed E-state index contributed by atoms with van der Waals surface area (Å²) in [6.07, 6.45) is 5.60. The third-order valence-electron chi connectivity index (χ3n) is 3.91. The van der Waals surface area contributed by atoms with Crippen LogP contribution in [0.25, 0.3) is 0 Å². The largest absolute Gasteiger partial charge is 0.393 e. The highest BCUT2D eigenvalue weighted by Gasteiger charge is 2.10. The predicted molar refractivity (Wildman–Crippen MR) is 86.7 cm³/mol. The van der Waals surface area contributed by atoms with Crippen LogP contribution in [-0.2, 0) is 4.79 Å². The van der Waals surface area contributed by atoms with Crippen LogP contribution < -0.4 is 10.2 Å². The molecule has 4 heteroatoms. The first-order valence-electron chi connectivity index (χ1n) is 7.98. The van der Waals surface area contributed by atoms with Crippen LogP contribution in [0.4, 0.5) is 11.4 Å². The lowest BCUT2D eigenvalue weighted by atomic mass is 10.2. The number of nitrogens with one attached hydrogen (secondary N) is 1. The summed E-state index contributed by atoms with van der Waals surface area (Å²) in [4.78, 5) is 14.1. The van der Waals surface area contributed by atoms with E-state index in [0.29, 0.717) is 12.8 Å². The Morgan fingerprint density at radius 2 is 1.81 bits per heavy atom. The summed E-state index contributed by atoms with van der Waals surface area (Å²) in [7, 11) is 0. The van der Waals surface area contributed by atoms with E-state index in [9.17, 15) is 9.90 Å². The van der Waals surface area contributed by atoms with Crippen molar-refractivity contribution >= 4 is 17.3 Å². The maximum atomic E-state index is 11.7. The van der Waals surface area contributed by atoms with Gasteiger partial charge in [-0.25, -0.2) is 0 Å². The second-order valence-electron chi connectivity index (χ2n) is 5.88. The maximum Gasteiger partial charge on any atom is 0.224 e. The van der Waals surface area contributed by atoms with Gasteiger partial charge in [0.15, 0.2) is 0 Å². The van der Waals surface area contributed by atoms with Crippen LogP contribution in [0.2, 0.25) is 0 Å². The van der Waals surface area contributed by atoms with Gasteiger partial charge in [-0.15, -0.1) is 0 Å². The van der Waals surface area contributed by atoms with E-state index in [-0.39, 0.29) is 5.91 Å². The molecule has 2 rings (SSSR count). The zero-order valence-corrected chi connectivity index (χ0v) is 12.8. The molecule has 1 amide bonds. The smallest absolute Gasteiger partial charge is 0.224 e. The minimum Gasteiger partial charge on any atom is -0.393 e. The fraction of sp³-hybridized carbons (Fsp3) is 0.588. The number of nitrogens with zero attached hydrogens (tertiary/aromatic N) is 1. The van der Waals surface area contributed by atoms with E-state index in [4.69, 9.17) is 0 Å². The molecule has 0 bridgehead atoms. The normalized spacial score (nSPS) is 17.1. The molecule has 21 heavy (non-hydrogen) atoms. The molecular formula is C17H26N2O2. The number of hydrogen-bond donors (Lipinski definition) is 2. The molecule has 1 aliphatic heterocycles. The zero-order valence-electron chi connectivity index (χ0n) is 12.8. The van der Waals surface area contributed by atoms with Crippen molar-refractivity contribution in [3.63, 3.8) is 0 Å².